The van der Waals surface area contributed by atoms with Crippen LogP contribution in [-0.4, -0.2) is 9.55 Å². The van der Waals surface area contributed by atoms with E-state index < -0.39 is 0 Å². The van der Waals surface area contributed by atoms with Crippen LogP contribution in [0.5, 0.6) is 0 Å². The predicted molar refractivity (Wildman–Crippen MR) is 77.0 cm³/mol. The topological polar surface area (TPSA) is 29.9 Å². The van der Waals surface area contributed by atoms with Gasteiger partial charge in [0.15, 0.2) is 0 Å². The number of nitrogens with one attached hydrogen (secondary N) is 1. The normalized spacial score (nSPS) is 14.7. The fourth-order valence-corrected chi connectivity index (χ4v) is 2.71. The molecule has 0 aliphatic carbocycles. The fraction of sp³-hybridized carbons (Fsp3) is 0.438. The van der Waals surface area contributed by atoms with Crippen LogP contribution in [0.4, 0.5) is 0 Å². The molecule has 1 aromatic heterocycles. The van der Waals surface area contributed by atoms with Crippen molar-refractivity contribution in [1.29, 1.82) is 0 Å². The second kappa shape index (κ2) is 4.49. The van der Waals surface area contributed by atoms with Crippen LogP contribution >= 0.6 is 0 Å². The maximum Gasteiger partial charge on any atom is 0.0951 e. The summed E-state index contributed by atoms with van der Waals surface area (Å²) < 4.78 is 2.25. The summed E-state index contributed by atoms with van der Waals surface area (Å²) in [6.45, 7) is 9.60. The lowest BCUT2D eigenvalue weighted by Gasteiger charge is -2.20. The van der Waals surface area contributed by atoms with Crippen LogP contribution in [0, 0.1) is 0 Å². The van der Waals surface area contributed by atoms with Crippen LogP contribution in [0.25, 0.3) is 0 Å². The lowest BCUT2D eigenvalue weighted by Crippen LogP contribution is -2.17. The first-order chi connectivity index (χ1) is 9.04. The van der Waals surface area contributed by atoms with Crippen LogP contribution in [-0.2, 0) is 25.0 Å². The third-order valence-electron chi connectivity index (χ3n) is 3.74. The van der Waals surface area contributed by atoms with E-state index in [-0.39, 0.29) is 5.41 Å². The lowest BCUT2D eigenvalue weighted by atomic mass is 9.92. The minimum atomic E-state index is 0.134. The average molecular weight is 255 g/mol. The number of rotatable bonds is 2. The maximum atomic E-state index is 4.31. The van der Waals surface area contributed by atoms with Crippen molar-refractivity contribution in [2.75, 3.05) is 0 Å². The molecule has 0 fully saturated rings. The number of hydrogen-bond acceptors (Lipinski definition) is 2. The van der Waals surface area contributed by atoms with E-state index in [1.807, 2.05) is 12.5 Å². The smallest absolute Gasteiger partial charge is 0.0951 e. The Balaban J connectivity index is 1.88. The van der Waals surface area contributed by atoms with Crippen LogP contribution in [0.2, 0.25) is 0 Å². The molecule has 1 aliphatic rings. The Morgan fingerprint density at radius 3 is 2.79 bits per heavy atom. The van der Waals surface area contributed by atoms with Crippen molar-refractivity contribution in [3.8, 4) is 0 Å². The standard InChI is InChI=1S/C16H21N3/c1-16(2,3)15-9-18-11-19(15)10-12-4-5-13-7-17-8-14(13)6-12/h4-6,9,11,17H,7-8,10H2,1-3H3. The van der Waals surface area contributed by atoms with E-state index >= 15 is 0 Å². The van der Waals surface area contributed by atoms with Crippen LogP contribution in [0.15, 0.2) is 30.7 Å². The Hall–Kier alpha value is -1.61. The zero-order chi connectivity index (χ0) is 13.5. The van der Waals surface area contributed by atoms with Crippen molar-refractivity contribution in [1.82, 2.24) is 14.9 Å². The van der Waals surface area contributed by atoms with Gasteiger partial charge in [0.2, 0.25) is 0 Å². The van der Waals surface area contributed by atoms with Gasteiger partial charge in [0, 0.05) is 36.9 Å². The van der Waals surface area contributed by atoms with Gasteiger partial charge in [-0.1, -0.05) is 39.0 Å². The van der Waals surface area contributed by atoms with Gasteiger partial charge in [-0.15, -0.1) is 0 Å². The minimum Gasteiger partial charge on any atom is -0.330 e. The molecule has 0 amide bonds. The first kappa shape index (κ1) is 12.4. The first-order valence-electron chi connectivity index (χ1n) is 6.86. The monoisotopic (exact) mass is 255 g/mol. The largest absolute Gasteiger partial charge is 0.330 e. The molecule has 0 atom stereocenters. The summed E-state index contributed by atoms with van der Waals surface area (Å²) in [6, 6.07) is 6.80. The van der Waals surface area contributed by atoms with E-state index in [1.165, 1.54) is 22.4 Å². The minimum absolute atomic E-state index is 0.134. The van der Waals surface area contributed by atoms with E-state index in [9.17, 15) is 0 Å². The van der Waals surface area contributed by atoms with Crippen LogP contribution in [0.1, 0.15) is 43.2 Å². The summed E-state index contributed by atoms with van der Waals surface area (Å²) in [5.74, 6) is 0. The summed E-state index contributed by atoms with van der Waals surface area (Å²) in [6.07, 6.45) is 3.92. The van der Waals surface area contributed by atoms with Crippen molar-refractivity contribution < 1.29 is 0 Å². The summed E-state index contributed by atoms with van der Waals surface area (Å²) >= 11 is 0. The number of nitrogens with zero attached hydrogens (tertiary/aromatic N) is 2. The van der Waals surface area contributed by atoms with Gasteiger partial charge < -0.3 is 9.88 Å². The summed E-state index contributed by atoms with van der Waals surface area (Å²) in [5, 5.41) is 3.39. The molecule has 3 heteroatoms. The van der Waals surface area contributed by atoms with Crippen molar-refractivity contribution in [3.63, 3.8) is 0 Å². The molecular formula is C16H21N3. The van der Waals surface area contributed by atoms with Gasteiger partial charge in [-0.2, -0.15) is 0 Å². The number of benzene rings is 1. The SMILES string of the molecule is CC(C)(C)c1cncn1Cc1ccc2c(c1)CNC2. The lowest BCUT2D eigenvalue weighted by molar-refractivity contribution is 0.531. The summed E-state index contributed by atoms with van der Waals surface area (Å²) in [4.78, 5) is 4.31. The van der Waals surface area contributed by atoms with Crippen molar-refractivity contribution >= 4 is 0 Å². The molecule has 19 heavy (non-hydrogen) atoms. The molecule has 2 heterocycles. The van der Waals surface area contributed by atoms with Gasteiger partial charge in [0.05, 0.1) is 6.33 Å². The highest BCUT2D eigenvalue weighted by atomic mass is 15.0. The maximum absolute atomic E-state index is 4.31. The Bertz CT molecular complexity index is 590. The predicted octanol–water partition coefficient (Wildman–Crippen LogP) is 2.83. The highest BCUT2D eigenvalue weighted by molar-refractivity contribution is 5.35. The molecule has 1 aliphatic heterocycles. The second-order valence-corrected chi connectivity index (χ2v) is 6.36. The molecule has 0 radical (unpaired) electrons. The first-order valence-corrected chi connectivity index (χ1v) is 6.86. The van der Waals surface area contributed by atoms with Gasteiger partial charge in [-0.05, 0) is 16.7 Å². The molecule has 3 nitrogen and oxygen atoms in total. The van der Waals surface area contributed by atoms with Gasteiger partial charge in [-0.3, -0.25) is 0 Å². The Labute approximate surface area is 114 Å². The van der Waals surface area contributed by atoms with E-state index in [4.69, 9.17) is 0 Å². The zero-order valence-corrected chi connectivity index (χ0v) is 11.9. The number of imidazole rings is 1. The quantitative estimate of drug-likeness (QED) is 0.894. The van der Waals surface area contributed by atoms with Crippen LogP contribution < -0.4 is 5.32 Å². The van der Waals surface area contributed by atoms with Crippen molar-refractivity contribution in [2.24, 2.45) is 0 Å². The van der Waals surface area contributed by atoms with Gasteiger partial charge in [0.1, 0.15) is 0 Å². The second-order valence-electron chi connectivity index (χ2n) is 6.36. The van der Waals surface area contributed by atoms with E-state index in [1.54, 1.807) is 0 Å². The third kappa shape index (κ3) is 2.43. The third-order valence-corrected chi connectivity index (χ3v) is 3.74. The molecular weight excluding hydrogens is 234 g/mol. The molecule has 1 N–H and O–H groups in total. The molecule has 0 saturated carbocycles. The van der Waals surface area contributed by atoms with E-state index in [2.05, 4.69) is 53.8 Å². The molecule has 2 aromatic rings. The Morgan fingerprint density at radius 1 is 1.21 bits per heavy atom. The number of hydrogen-bond donors (Lipinski definition) is 1. The molecule has 0 saturated heterocycles. The van der Waals surface area contributed by atoms with E-state index in [0.717, 1.165) is 19.6 Å². The van der Waals surface area contributed by atoms with Gasteiger partial charge in [-0.25, -0.2) is 4.98 Å². The highest BCUT2D eigenvalue weighted by Crippen LogP contribution is 2.23. The fourth-order valence-electron chi connectivity index (χ4n) is 2.71. The Morgan fingerprint density at radius 2 is 2.00 bits per heavy atom. The molecule has 0 unspecified atom stereocenters. The summed E-state index contributed by atoms with van der Waals surface area (Å²) in [5.41, 5.74) is 5.65. The van der Waals surface area contributed by atoms with Crippen molar-refractivity contribution in [3.05, 3.63) is 53.1 Å². The highest BCUT2D eigenvalue weighted by Gasteiger charge is 2.19. The average Bonchev–Trinajstić information content (AvgIpc) is 2.95. The van der Waals surface area contributed by atoms with E-state index in [0.29, 0.717) is 0 Å². The van der Waals surface area contributed by atoms with Crippen molar-refractivity contribution in [2.45, 2.75) is 45.8 Å². The molecule has 0 spiro atoms. The van der Waals surface area contributed by atoms with Crippen LogP contribution in [0.3, 0.4) is 0 Å². The van der Waals surface area contributed by atoms with Gasteiger partial charge in [0.25, 0.3) is 0 Å². The number of aromatic nitrogens is 2. The molecule has 3 rings (SSSR count). The summed E-state index contributed by atoms with van der Waals surface area (Å²) in [7, 11) is 0. The molecule has 1 aromatic carbocycles. The zero-order valence-electron chi connectivity index (χ0n) is 11.9. The Kier molecular flexibility index (Phi) is 2.94. The number of fused-ring (bicyclic) bond motifs is 1. The molecule has 0 bridgehead atoms. The van der Waals surface area contributed by atoms with Gasteiger partial charge >= 0.3 is 0 Å². The molecule has 100 valence electrons.